The van der Waals surface area contributed by atoms with Crippen molar-refractivity contribution in [2.75, 3.05) is 18.9 Å². The second-order valence-electron chi connectivity index (χ2n) is 6.63. The second kappa shape index (κ2) is 8.44. The number of hydrogen-bond donors (Lipinski definition) is 1. The Morgan fingerprint density at radius 3 is 2.74 bits per heavy atom. The Morgan fingerprint density at radius 2 is 2.04 bits per heavy atom. The van der Waals surface area contributed by atoms with E-state index in [1.54, 1.807) is 24.3 Å². The van der Waals surface area contributed by atoms with Gasteiger partial charge in [0.1, 0.15) is 0 Å². The number of nitrogens with zero attached hydrogens (tertiary/aromatic N) is 4. The number of likely N-dealkylation sites (N-methyl/N-ethyl adjacent to an activating group) is 1. The van der Waals surface area contributed by atoms with Gasteiger partial charge in [0.05, 0.1) is 0 Å². The molecule has 0 atom stereocenters. The number of carbonyl (C=O) groups is 1. The van der Waals surface area contributed by atoms with Crippen LogP contribution in [0.1, 0.15) is 31.5 Å². The minimum Gasteiger partial charge on any atom is -0.339 e. The van der Waals surface area contributed by atoms with E-state index < -0.39 is 0 Å². The molecule has 0 aliphatic carbocycles. The summed E-state index contributed by atoms with van der Waals surface area (Å²) in [7, 11) is 1.74. The van der Waals surface area contributed by atoms with Crippen molar-refractivity contribution in [3.8, 4) is 11.1 Å². The van der Waals surface area contributed by atoms with Crippen LogP contribution in [0.4, 0.5) is 10.5 Å². The number of amides is 2. The van der Waals surface area contributed by atoms with Gasteiger partial charge in [-0.05, 0) is 23.8 Å². The van der Waals surface area contributed by atoms with Gasteiger partial charge in [-0.2, -0.15) is 4.98 Å². The van der Waals surface area contributed by atoms with E-state index in [-0.39, 0.29) is 11.9 Å². The molecule has 2 heterocycles. The molecule has 140 valence electrons. The number of hydrogen-bond acceptors (Lipinski definition) is 5. The zero-order chi connectivity index (χ0) is 19.2. The minimum atomic E-state index is -0.189. The van der Waals surface area contributed by atoms with Crippen LogP contribution in [0.25, 0.3) is 11.1 Å². The lowest BCUT2D eigenvalue weighted by Gasteiger charge is -2.17. The predicted octanol–water partition coefficient (Wildman–Crippen LogP) is 3.96. The molecule has 1 aromatic carbocycles. The normalized spacial score (nSPS) is 10.8. The van der Waals surface area contributed by atoms with E-state index in [2.05, 4.69) is 20.4 Å². The van der Waals surface area contributed by atoms with Crippen LogP contribution in [0.3, 0.4) is 0 Å². The number of carbonyl (C=O) groups excluding carboxylic acids is 1. The Balaban J connectivity index is 1.58. The molecule has 0 fully saturated rings. The predicted molar refractivity (Wildman–Crippen MR) is 103 cm³/mol. The Labute approximate surface area is 158 Å². The van der Waals surface area contributed by atoms with E-state index in [0.29, 0.717) is 24.7 Å². The van der Waals surface area contributed by atoms with Gasteiger partial charge in [-0.15, -0.1) is 0 Å². The maximum atomic E-state index is 12.4. The first-order valence-electron chi connectivity index (χ1n) is 8.88. The fraction of sp³-hybridized carbons (Fsp3) is 0.300. The van der Waals surface area contributed by atoms with Crippen LogP contribution in [0.2, 0.25) is 0 Å². The smallest absolute Gasteiger partial charge is 0.321 e. The first kappa shape index (κ1) is 18.6. The number of rotatable bonds is 6. The van der Waals surface area contributed by atoms with E-state index in [0.717, 1.165) is 16.8 Å². The van der Waals surface area contributed by atoms with Gasteiger partial charge in [0, 0.05) is 49.6 Å². The molecule has 7 nitrogen and oxygen atoms in total. The fourth-order valence-electron chi connectivity index (χ4n) is 2.50. The summed E-state index contributed by atoms with van der Waals surface area (Å²) >= 11 is 0. The summed E-state index contributed by atoms with van der Waals surface area (Å²) in [5.74, 6) is 1.42. The number of anilines is 1. The van der Waals surface area contributed by atoms with E-state index in [1.165, 1.54) is 0 Å². The molecule has 0 spiro atoms. The minimum absolute atomic E-state index is 0.189. The maximum Gasteiger partial charge on any atom is 0.321 e. The zero-order valence-corrected chi connectivity index (χ0v) is 15.7. The van der Waals surface area contributed by atoms with E-state index >= 15 is 0 Å². The Kier molecular flexibility index (Phi) is 5.80. The van der Waals surface area contributed by atoms with Gasteiger partial charge in [0.2, 0.25) is 5.89 Å². The number of urea groups is 1. The summed E-state index contributed by atoms with van der Waals surface area (Å²) in [5.41, 5.74) is 2.73. The van der Waals surface area contributed by atoms with Crippen molar-refractivity contribution in [2.45, 2.75) is 26.2 Å². The van der Waals surface area contributed by atoms with Crippen molar-refractivity contribution in [1.82, 2.24) is 20.0 Å². The fourth-order valence-corrected chi connectivity index (χ4v) is 2.50. The summed E-state index contributed by atoms with van der Waals surface area (Å²) in [6.07, 6.45) is 4.07. The molecule has 0 aliphatic rings. The molecule has 3 aromatic rings. The van der Waals surface area contributed by atoms with Crippen LogP contribution in [0.5, 0.6) is 0 Å². The third-order valence-corrected chi connectivity index (χ3v) is 4.10. The average molecular weight is 365 g/mol. The Hall–Kier alpha value is -3.22. The summed E-state index contributed by atoms with van der Waals surface area (Å²) < 4.78 is 5.18. The van der Waals surface area contributed by atoms with Crippen LogP contribution in [0.15, 0.2) is 53.3 Å². The third-order valence-electron chi connectivity index (χ3n) is 4.10. The average Bonchev–Trinajstić information content (AvgIpc) is 3.16. The van der Waals surface area contributed by atoms with Crippen molar-refractivity contribution in [1.29, 1.82) is 0 Å². The molecule has 0 aliphatic heterocycles. The van der Waals surface area contributed by atoms with Gasteiger partial charge in [-0.25, -0.2) is 4.79 Å². The molecule has 1 N–H and O–H groups in total. The molecule has 0 radical (unpaired) electrons. The largest absolute Gasteiger partial charge is 0.339 e. The molecular formula is C20H23N5O2. The van der Waals surface area contributed by atoms with E-state index in [9.17, 15) is 4.79 Å². The molecule has 0 saturated carbocycles. The molecule has 3 rings (SSSR count). The highest BCUT2D eigenvalue weighted by atomic mass is 16.5. The highest BCUT2D eigenvalue weighted by Crippen LogP contribution is 2.21. The van der Waals surface area contributed by atoms with Gasteiger partial charge in [0.15, 0.2) is 5.82 Å². The van der Waals surface area contributed by atoms with Crippen LogP contribution in [-0.2, 0) is 6.42 Å². The molecule has 2 aromatic heterocycles. The standard InChI is InChI=1S/C20H23N5O2/c1-14(2)19-23-18(24-27-19)9-11-25(3)20(26)22-17-8-4-6-15(12-17)16-7-5-10-21-13-16/h4-8,10,12-14H,9,11H2,1-3H3,(H,22,26). The summed E-state index contributed by atoms with van der Waals surface area (Å²) in [4.78, 5) is 22.5. The second-order valence-corrected chi connectivity index (χ2v) is 6.63. The van der Waals surface area contributed by atoms with Crippen molar-refractivity contribution in [3.63, 3.8) is 0 Å². The summed E-state index contributed by atoms with van der Waals surface area (Å²) in [5, 5.41) is 6.86. The molecule has 2 amide bonds. The summed E-state index contributed by atoms with van der Waals surface area (Å²) in [6.45, 7) is 4.48. The van der Waals surface area contributed by atoms with Crippen LogP contribution in [0, 0.1) is 0 Å². The number of aromatic nitrogens is 3. The molecule has 7 heteroatoms. The van der Waals surface area contributed by atoms with E-state index in [4.69, 9.17) is 4.52 Å². The topological polar surface area (TPSA) is 84.2 Å². The zero-order valence-electron chi connectivity index (χ0n) is 15.7. The molecule has 27 heavy (non-hydrogen) atoms. The van der Waals surface area contributed by atoms with Gasteiger partial charge in [0.25, 0.3) is 0 Å². The molecular weight excluding hydrogens is 342 g/mol. The lowest BCUT2D eigenvalue weighted by atomic mass is 10.1. The molecule has 0 bridgehead atoms. The number of pyridine rings is 1. The molecule has 0 saturated heterocycles. The highest BCUT2D eigenvalue weighted by Gasteiger charge is 2.13. The first-order valence-corrected chi connectivity index (χ1v) is 8.88. The van der Waals surface area contributed by atoms with Crippen LogP contribution >= 0.6 is 0 Å². The lowest BCUT2D eigenvalue weighted by molar-refractivity contribution is 0.222. The number of benzene rings is 1. The van der Waals surface area contributed by atoms with Crippen molar-refractivity contribution in [3.05, 3.63) is 60.5 Å². The Bertz CT molecular complexity index is 892. The van der Waals surface area contributed by atoms with Gasteiger partial charge in [-0.3, -0.25) is 4.98 Å². The monoisotopic (exact) mass is 365 g/mol. The third kappa shape index (κ3) is 4.91. The van der Waals surface area contributed by atoms with Gasteiger partial charge >= 0.3 is 6.03 Å². The number of nitrogens with one attached hydrogen (secondary N) is 1. The Morgan fingerprint density at radius 1 is 1.22 bits per heavy atom. The maximum absolute atomic E-state index is 12.4. The molecule has 0 unspecified atom stereocenters. The lowest BCUT2D eigenvalue weighted by Crippen LogP contribution is -2.33. The highest BCUT2D eigenvalue weighted by molar-refractivity contribution is 5.90. The SMILES string of the molecule is CC(C)c1nc(CCN(C)C(=O)Nc2cccc(-c3cccnc3)c2)no1. The quantitative estimate of drug-likeness (QED) is 0.715. The van der Waals surface area contributed by atoms with E-state index in [1.807, 2.05) is 50.2 Å². The van der Waals surface area contributed by atoms with Crippen LogP contribution < -0.4 is 5.32 Å². The van der Waals surface area contributed by atoms with Crippen molar-refractivity contribution in [2.24, 2.45) is 0 Å². The van der Waals surface area contributed by atoms with Crippen LogP contribution in [-0.4, -0.2) is 39.6 Å². The van der Waals surface area contributed by atoms with Crippen molar-refractivity contribution >= 4 is 11.7 Å². The van der Waals surface area contributed by atoms with Gasteiger partial charge < -0.3 is 14.7 Å². The summed E-state index contributed by atoms with van der Waals surface area (Å²) in [6, 6.07) is 11.4. The first-order chi connectivity index (χ1) is 13.0. The van der Waals surface area contributed by atoms with Crippen molar-refractivity contribution < 1.29 is 9.32 Å². The van der Waals surface area contributed by atoms with Gasteiger partial charge in [-0.1, -0.05) is 37.2 Å².